The van der Waals surface area contributed by atoms with Crippen LogP contribution in [-0.2, 0) is 11.1 Å². The quantitative estimate of drug-likeness (QED) is 0.404. The van der Waals surface area contributed by atoms with E-state index in [0.29, 0.717) is 6.42 Å². The average Bonchev–Trinajstić information content (AvgIpc) is 2.56. The second-order valence-corrected chi connectivity index (χ2v) is 7.67. The maximum Gasteiger partial charge on any atom is 0.342 e. The molecule has 2 aromatic rings. The zero-order chi connectivity index (χ0) is 16.3. The van der Waals surface area contributed by atoms with Gasteiger partial charge in [-0.05, 0) is 17.5 Å². The molecule has 2 aromatic heterocycles. The van der Waals surface area contributed by atoms with Crippen LogP contribution in [-0.4, -0.2) is 14.9 Å². The van der Waals surface area contributed by atoms with Gasteiger partial charge in [-0.1, -0.05) is 24.3 Å². The van der Waals surface area contributed by atoms with Gasteiger partial charge in [-0.25, -0.2) is 9.55 Å². The number of hydrogen-bond donors (Lipinski definition) is 2. The van der Waals surface area contributed by atoms with Gasteiger partial charge in [0.25, 0.3) is 0 Å². The van der Waals surface area contributed by atoms with Crippen molar-refractivity contribution in [1.29, 1.82) is 0 Å². The predicted molar refractivity (Wildman–Crippen MR) is 86.3 cm³/mol. The minimum atomic E-state index is -4.27. The Morgan fingerprint density at radius 1 is 1.04 bits per heavy atom. The van der Waals surface area contributed by atoms with E-state index in [1.165, 1.54) is 0 Å². The lowest BCUT2D eigenvalue weighted by molar-refractivity contribution is -0.699. The lowest BCUT2D eigenvalue weighted by Crippen LogP contribution is -3.00. The molecule has 0 aromatic carbocycles. The van der Waals surface area contributed by atoms with Gasteiger partial charge in [-0.15, -0.1) is 0 Å². The Hall–Kier alpha value is -1.49. The lowest BCUT2D eigenvalue weighted by atomic mass is 9.99. The summed E-state index contributed by atoms with van der Waals surface area (Å²) in [5.41, 5.74) is 2.14. The summed E-state index contributed by atoms with van der Waals surface area (Å²) in [6.07, 6.45) is 14.7. The van der Waals surface area contributed by atoms with Crippen LogP contribution in [0, 0.1) is 0 Å². The fourth-order valence-electron chi connectivity index (χ4n) is 2.73. The summed E-state index contributed by atoms with van der Waals surface area (Å²) in [5, 5.41) is -1.17. The Kier molecular flexibility index (Phi) is 7.54. The van der Waals surface area contributed by atoms with Crippen molar-refractivity contribution in [2.75, 3.05) is 0 Å². The third-order valence-corrected chi connectivity index (χ3v) is 5.74. The first-order chi connectivity index (χ1) is 11.0. The summed E-state index contributed by atoms with van der Waals surface area (Å²) in [4.78, 5) is 22.6. The van der Waals surface area contributed by atoms with Gasteiger partial charge in [-0.3, -0.25) is 4.57 Å². The number of aromatic amines is 1. The molecule has 25 heavy (non-hydrogen) atoms. The molecule has 2 heterocycles. The van der Waals surface area contributed by atoms with E-state index in [-0.39, 0.29) is 31.4 Å². The average molecular weight is 401 g/mol. The third kappa shape index (κ3) is 4.78. The Balaban J connectivity index is 0.00000156. The number of allylic oxidation sites excluding steroid dienone is 4. The molecule has 1 aliphatic carbocycles. The van der Waals surface area contributed by atoms with Crippen LogP contribution in [0.15, 0.2) is 73.4 Å². The van der Waals surface area contributed by atoms with Crippen LogP contribution in [0.2, 0.25) is 0 Å². The van der Waals surface area contributed by atoms with Gasteiger partial charge in [0.2, 0.25) is 0 Å². The largest absolute Gasteiger partial charge is 1.00 e. The second-order valence-electron chi connectivity index (χ2n) is 5.69. The molecule has 1 atom stereocenters. The van der Waals surface area contributed by atoms with Crippen molar-refractivity contribution < 1.29 is 48.7 Å². The molecule has 0 radical (unpaired) electrons. The van der Waals surface area contributed by atoms with Crippen molar-refractivity contribution in [3.05, 3.63) is 73.4 Å². The first-order valence-corrected chi connectivity index (χ1v) is 8.97. The Labute approximate surface area is 159 Å². The Morgan fingerprint density at radius 3 is 2.16 bits per heavy atom. The second kappa shape index (κ2) is 8.75. The number of aromatic nitrogens is 2. The number of halogens is 2. The highest BCUT2D eigenvalue weighted by Crippen LogP contribution is 2.54. The van der Waals surface area contributed by atoms with Gasteiger partial charge in [0.15, 0.2) is 36.5 Å². The molecular weight excluding hydrogens is 382 g/mol. The summed E-state index contributed by atoms with van der Waals surface area (Å²) >= 11 is 0. The van der Waals surface area contributed by atoms with E-state index in [1.54, 1.807) is 18.2 Å². The SMILES string of the molecule is O=P(O)(O)C1(C[n+]2ccc(-c3cc[nH+]cc3)cc2)C=CC=CC1.[Cl-].[Cl-]. The summed E-state index contributed by atoms with van der Waals surface area (Å²) in [6.45, 7) is 0.237. The van der Waals surface area contributed by atoms with Crippen LogP contribution in [0.3, 0.4) is 0 Å². The predicted octanol–water partition coefficient (Wildman–Crippen LogP) is -4.10. The van der Waals surface area contributed by atoms with E-state index < -0.39 is 12.8 Å². The van der Waals surface area contributed by atoms with Crippen molar-refractivity contribution in [2.24, 2.45) is 0 Å². The van der Waals surface area contributed by atoms with Gasteiger partial charge in [0, 0.05) is 24.3 Å². The zero-order valence-corrected chi connectivity index (χ0v) is 15.7. The van der Waals surface area contributed by atoms with Crippen LogP contribution < -0.4 is 34.4 Å². The van der Waals surface area contributed by atoms with Crippen molar-refractivity contribution in [1.82, 2.24) is 0 Å². The number of pyridine rings is 2. The molecule has 8 heteroatoms. The summed E-state index contributed by atoms with van der Waals surface area (Å²) in [6, 6.07) is 7.85. The lowest BCUT2D eigenvalue weighted by Gasteiger charge is -2.28. The number of nitrogens with one attached hydrogen (secondary N) is 1. The Morgan fingerprint density at radius 2 is 1.64 bits per heavy atom. The van der Waals surface area contributed by atoms with Crippen LogP contribution in [0.5, 0.6) is 0 Å². The highest BCUT2D eigenvalue weighted by atomic mass is 35.5. The summed E-state index contributed by atoms with van der Waals surface area (Å²) in [5.74, 6) is 0. The van der Waals surface area contributed by atoms with Gasteiger partial charge >= 0.3 is 7.60 Å². The summed E-state index contributed by atoms with van der Waals surface area (Å²) < 4.78 is 13.8. The van der Waals surface area contributed by atoms with Crippen molar-refractivity contribution in [3.8, 4) is 11.1 Å². The van der Waals surface area contributed by atoms with Gasteiger partial charge in [0.1, 0.15) is 0 Å². The van der Waals surface area contributed by atoms with E-state index in [1.807, 2.05) is 59.7 Å². The molecule has 0 fully saturated rings. The van der Waals surface area contributed by atoms with E-state index in [9.17, 15) is 14.4 Å². The van der Waals surface area contributed by atoms with E-state index >= 15 is 0 Å². The van der Waals surface area contributed by atoms with E-state index in [0.717, 1.165) is 11.1 Å². The zero-order valence-electron chi connectivity index (χ0n) is 13.3. The monoisotopic (exact) mass is 400 g/mol. The van der Waals surface area contributed by atoms with E-state index in [4.69, 9.17) is 0 Å². The highest BCUT2D eigenvalue weighted by Gasteiger charge is 2.48. The van der Waals surface area contributed by atoms with Crippen LogP contribution >= 0.6 is 7.60 Å². The fraction of sp³-hybridized carbons (Fsp3) is 0.176. The highest BCUT2D eigenvalue weighted by molar-refractivity contribution is 7.53. The number of hydrogen-bond acceptors (Lipinski definition) is 1. The topological polar surface area (TPSA) is 75.6 Å². The van der Waals surface area contributed by atoms with Crippen molar-refractivity contribution in [2.45, 2.75) is 18.1 Å². The van der Waals surface area contributed by atoms with Crippen LogP contribution in [0.1, 0.15) is 6.42 Å². The van der Waals surface area contributed by atoms with Crippen molar-refractivity contribution >= 4 is 7.60 Å². The maximum absolute atomic E-state index is 12.0. The molecule has 0 saturated carbocycles. The number of nitrogens with zero attached hydrogens (tertiary/aromatic N) is 1. The molecule has 3 N–H and O–H groups in total. The Bertz CT molecular complexity index is 791. The van der Waals surface area contributed by atoms with Crippen LogP contribution in [0.4, 0.5) is 0 Å². The van der Waals surface area contributed by atoms with Gasteiger partial charge in [-0.2, -0.15) is 0 Å². The third-order valence-electron chi connectivity index (χ3n) is 4.10. The standard InChI is InChI=1S/C17H17N2O3P.2ClH/c20-23(21,22)17(8-2-1-3-9-17)14-19-12-6-16(7-13-19)15-4-10-18-11-5-15;;/h1-8,10-13H,9,14H2,(H-,20,21,22);2*1H. The molecule has 134 valence electrons. The normalized spacial score (nSPS) is 19.0. The molecule has 1 unspecified atom stereocenters. The molecule has 0 bridgehead atoms. The first-order valence-electron chi connectivity index (χ1n) is 7.36. The molecule has 5 nitrogen and oxygen atoms in total. The number of rotatable bonds is 4. The fourth-order valence-corrected chi connectivity index (χ4v) is 3.70. The number of H-pyrrole nitrogens is 1. The molecule has 0 saturated heterocycles. The molecule has 0 aliphatic heterocycles. The van der Waals surface area contributed by atoms with Crippen LogP contribution in [0.25, 0.3) is 11.1 Å². The first kappa shape index (κ1) is 21.6. The smallest absolute Gasteiger partial charge is 0.342 e. The minimum absolute atomic E-state index is 0. The van der Waals surface area contributed by atoms with Gasteiger partial charge < -0.3 is 34.6 Å². The maximum atomic E-state index is 12.0. The van der Waals surface area contributed by atoms with E-state index in [2.05, 4.69) is 4.98 Å². The molecule has 3 rings (SSSR count). The van der Waals surface area contributed by atoms with Gasteiger partial charge in [0.05, 0.1) is 0 Å². The molecule has 0 spiro atoms. The van der Waals surface area contributed by atoms with Crippen molar-refractivity contribution in [3.63, 3.8) is 0 Å². The molecular formula is C17H19Cl2N2O3P. The molecule has 0 amide bonds. The summed E-state index contributed by atoms with van der Waals surface area (Å²) in [7, 11) is -4.27. The minimum Gasteiger partial charge on any atom is -1.00 e. The molecule has 1 aliphatic rings.